The van der Waals surface area contributed by atoms with Gasteiger partial charge in [0.1, 0.15) is 0 Å². The molecule has 1 aromatic rings. The van der Waals surface area contributed by atoms with Gasteiger partial charge in [0, 0.05) is 5.56 Å². The van der Waals surface area contributed by atoms with Crippen molar-refractivity contribution in [1.29, 1.82) is 0 Å². The SMILES string of the molecule is CC(=O)c1ccc(C(C)C)c(C)c1C. The first kappa shape index (κ1) is 11.0. The summed E-state index contributed by atoms with van der Waals surface area (Å²) in [4.78, 5) is 11.3. The highest BCUT2D eigenvalue weighted by Crippen LogP contribution is 2.24. The number of carbonyl (C=O) groups excluding carboxylic acids is 1. The zero-order valence-corrected chi connectivity index (χ0v) is 9.64. The molecular weight excluding hydrogens is 172 g/mol. The minimum Gasteiger partial charge on any atom is -0.295 e. The summed E-state index contributed by atoms with van der Waals surface area (Å²) in [7, 11) is 0. The Balaban J connectivity index is 3.33. The van der Waals surface area contributed by atoms with Crippen LogP contribution in [0.5, 0.6) is 0 Å². The van der Waals surface area contributed by atoms with Crippen LogP contribution in [0.3, 0.4) is 0 Å². The molecule has 1 rings (SSSR count). The molecule has 1 heteroatoms. The number of benzene rings is 1. The average Bonchev–Trinajstić information content (AvgIpc) is 2.08. The molecule has 1 nitrogen and oxygen atoms in total. The summed E-state index contributed by atoms with van der Waals surface area (Å²) in [5, 5.41) is 0. The summed E-state index contributed by atoms with van der Waals surface area (Å²) in [5.41, 5.74) is 4.58. The zero-order chi connectivity index (χ0) is 10.9. The molecule has 14 heavy (non-hydrogen) atoms. The van der Waals surface area contributed by atoms with Crippen molar-refractivity contribution in [2.45, 2.75) is 40.5 Å². The van der Waals surface area contributed by atoms with Crippen LogP contribution in [-0.4, -0.2) is 5.78 Å². The molecule has 0 aliphatic heterocycles. The Bertz CT molecular complexity index is 362. The first-order valence-electron chi connectivity index (χ1n) is 5.06. The van der Waals surface area contributed by atoms with Crippen molar-refractivity contribution in [2.75, 3.05) is 0 Å². The van der Waals surface area contributed by atoms with Crippen molar-refractivity contribution in [3.05, 3.63) is 34.4 Å². The van der Waals surface area contributed by atoms with Crippen LogP contribution in [-0.2, 0) is 0 Å². The topological polar surface area (TPSA) is 17.1 Å². The van der Waals surface area contributed by atoms with Gasteiger partial charge in [0.15, 0.2) is 5.78 Å². The molecule has 0 N–H and O–H groups in total. The van der Waals surface area contributed by atoms with Gasteiger partial charge in [-0.2, -0.15) is 0 Å². The summed E-state index contributed by atoms with van der Waals surface area (Å²) in [6, 6.07) is 4.02. The molecule has 0 bridgehead atoms. The number of hydrogen-bond acceptors (Lipinski definition) is 1. The van der Waals surface area contributed by atoms with Gasteiger partial charge in [-0.1, -0.05) is 26.0 Å². The third-order valence-electron chi connectivity index (χ3n) is 2.83. The Morgan fingerprint density at radius 3 is 2.14 bits per heavy atom. The van der Waals surface area contributed by atoms with E-state index in [0.717, 1.165) is 11.1 Å². The number of rotatable bonds is 2. The second-order valence-electron chi connectivity index (χ2n) is 4.16. The summed E-state index contributed by atoms with van der Waals surface area (Å²) >= 11 is 0. The van der Waals surface area contributed by atoms with Crippen LogP contribution < -0.4 is 0 Å². The van der Waals surface area contributed by atoms with Crippen LogP contribution in [0.4, 0.5) is 0 Å². The Morgan fingerprint density at radius 2 is 1.71 bits per heavy atom. The van der Waals surface area contributed by atoms with Crippen LogP contribution in [0.15, 0.2) is 12.1 Å². The number of hydrogen-bond donors (Lipinski definition) is 0. The molecule has 0 radical (unpaired) electrons. The first-order valence-corrected chi connectivity index (χ1v) is 5.06. The van der Waals surface area contributed by atoms with Crippen LogP contribution >= 0.6 is 0 Å². The maximum atomic E-state index is 11.3. The van der Waals surface area contributed by atoms with Crippen molar-refractivity contribution < 1.29 is 4.79 Å². The summed E-state index contributed by atoms with van der Waals surface area (Å²) < 4.78 is 0. The molecule has 0 aromatic heterocycles. The summed E-state index contributed by atoms with van der Waals surface area (Å²) in [5.74, 6) is 0.676. The number of carbonyl (C=O) groups is 1. The molecule has 0 aliphatic rings. The van der Waals surface area contributed by atoms with Gasteiger partial charge in [-0.05, 0) is 43.4 Å². The molecule has 0 saturated carbocycles. The lowest BCUT2D eigenvalue weighted by molar-refractivity contribution is 0.101. The van der Waals surface area contributed by atoms with E-state index in [9.17, 15) is 4.79 Å². The van der Waals surface area contributed by atoms with Crippen molar-refractivity contribution in [2.24, 2.45) is 0 Å². The highest BCUT2D eigenvalue weighted by Gasteiger charge is 2.10. The van der Waals surface area contributed by atoms with Crippen molar-refractivity contribution in [3.8, 4) is 0 Å². The van der Waals surface area contributed by atoms with Crippen LogP contribution in [0, 0.1) is 13.8 Å². The van der Waals surface area contributed by atoms with E-state index >= 15 is 0 Å². The Morgan fingerprint density at radius 1 is 1.14 bits per heavy atom. The van der Waals surface area contributed by atoms with E-state index in [1.165, 1.54) is 11.1 Å². The van der Waals surface area contributed by atoms with E-state index in [0.29, 0.717) is 5.92 Å². The predicted octanol–water partition coefficient (Wildman–Crippen LogP) is 3.63. The highest BCUT2D eigenvalue weighted by atomic mass is 16.1. The van der Waals surface area contributed by atoms with Crippen LogP contribution in [0.25, 0.3) is 0 Å². The Labute approximate surface area is 86.1 Å². The molecule has 76 valence electrons. The third-order valence-corrected chi connectivity index (χ3v) is 2.83. The molecule has 0 atom stereocenters. The minimum atomic E-state index is 0.154. The first-order chi connectivity index (χ1) is 6.45. The van der Waals surface area contributed by atoms with E-state index in [1.807, 2.05) is 13.0 Å². The Kier molecular flexibility index (Phi) is 3.10. The largest absolute Gasteiger partial charge is 0.295 e. The van der Waals surface area contributed by atoms with Crippen molar-refractivity contribution in [1.82, 2.24) is 0 Å². The second-order valence-corrected chi connectivity index (χ2v) is 4.16. The smallest absolute Gasteiger partial charge is 0.160 e. The number of Topliss-reactive ketones (excluding diaryl/α,β-unsaturated/α-hetero) is 1. The molecule has 0 saturated heterocycles. The van der Waals surface area contributed by atoms with Crippen molar-refractivity contribution in [3.63, 3.8) is 0 Å². The molecule has 0 amide bonds. The van der Waals surface area contributed by atoms with Gasteiger partial charge in [0.25, 0.3) is 0 Å². The maximum absolute atomic E-state index is 11.3. The number of ketones is 1. The fourth-order valence-electron chi connectivity index (χ4n) is 1.85. The van der Waals surface area contributed by atoms with E-state index in [2.05, 4.69) is 26.8 Å². The maximum Gasteiger partial charge on any atom is 0.160 e. The normalized spacial score (nSPS) is 10.7. The van der Waals surface area contributed by atoms with Crippen LogP contribution in [0.2, 0.25) is 0 Å². The summed E-state index contributed by atoms with van der Waals surface area (Å²) in [6.45, 7) is 10.1. The lowest BCUT2D eigenvalue weighted by Crippen LogP contribution is -2.02. The average molecular weight is 190 g/mol. The van der Waals surface area contributed by atoms with Gasteiger partial charge in [-0.15, -0.1) is 0 Å². The molecule has 0 fully saturated rings. The van der Waals surface area contributed by atoms with Gasteiger partial charge in [0.05, 0.1) is 0 Å². The standard InChI is InChI=1S/C13H18O/c1-8(2)12-6-7-13(11(5)14)10(4)9(12)3/h6-8H,1-5H3. The molecule has 0 aliphatic carbocycles. The minimum absolute atomic E-state index is 0.154. The van der Waals surface area contributed by atoms with E-state index < -0.39 is 0 Å². The lowest BCUT2D eigenvalue weighted by atomic mass is 9.91. The van der Waals surface area contributed by atoms with Gasteiger partial charge in [-0.3, -0.25) is 4.79 Å². The monoisotopic (exact) mass is 190 g/mol. The molecule has 0 heterocycles. The zero-order valence-electron chi connectivity index (χ0n) is 9.64. The highest BCUT2D eigenvalue weighted by molar-refractivity contribution is 5.95. The predicted molar refractivity (Wildman–Crippen MR) is 60.0 cm³/mol. The summed E-state index contributed by atoms with van der Waals surface area (Å²) in [6.07, 6.45) is 0. The molecular formula is C13H18O. The van der Waals surface area contributed by atoms with Gasteiger partial charge in [-0.25, -0.2) is 0 Å². The van der Waals surface area contributed by atoms with Gasteiger partial charge >= 0.3 is 0 Å². The molecule has 0 unspecified atom stereocenters. The van der Waals surface area contributed by atoms with E-state index in [4.69, 9.17) is 0 Å². The van der Waals surface area contributed by atoms with E-state index in [-0.39, 0.29) is 5.78 Å². The van der Waals surface area contributed by atoms with Crippen LogP contribution in [0.1, 0.15) is 53.7 Å². The van der Waals surface area contributed by atoms with Gasteiger partial charge in [0.2, 0.25) is 0 Å². The fraction of sp³-hybridized carbons (Fsp3) is 0.462. The lowest BCUT2D eigenvalue weighted by Gasteiger charge is -2.14. The molecule has 0 spiro atoms. The quantitative estimate of drug-likeness (QED) is 0.651. The Hall–Kier alpha value is -1.11. The van der Waals surface area contributed by atoms with E-state index in [1.54, 1.807) is 6.92 Å². The molecule has 1 aromatic carbocycles. The second kappa shape index (κ2) is 3.95. The van der Waals surface area contributed by atoms with Crippen molar-refractivity contribution >= 4 is 5.78 Å². The van der Waals surface area contributed by atoms with Gasteiger partial charge < -0.3 is 0 Å². The fourth-order valence-corrected chi connectivity index (χ4v) is 1.85. The third kappa shape index (κ3) is 1.87.